The maximum atomic E-state index is 13.1. The number of nitrogen functional groups attached to an aromatic ring is 1. The summed E-state index contributed by atoms with van der Waals surface area (Å²) in [5, 5.41) is 8.19. The van der Waals surface area contributed by atoms with E-state index in [1.165, 1.54) is 7.11 Å². The van der Waals surface area contributed by atoms with Crippen molar-refractivity contribution >= 4 is 17.8 Å². The molecule has 0 bridgehead atoms. The van der Waals surface area contributed by atoms with Gasteiger partial charge in [0.25, 0.3) is 11.8 Å². The van der Waals surface area contributed by atoms with Crippen LogP contribution in [0.4, 0.5) is 10.6 Å². The van der Waals surface area contributed by atoms with Gasteiger partial charge < -0.3 is 24.7 Å². The average molecular weight is 500 g/mol. The zero-order valence-corrected chi connectivity index (χ0v) is 20.2. The largest absolute Gasteiger partial charge is 0.453 e. The smallest absolute Gasteiger partial charge is 0.409 e. The summed E-state index contributed by atoms with van der Waals surface area (Å²) in [6.45, 7) is 2.00. The van der Waals surface area contributed by atoms with Gasteiger partial charge in [-0.25, -0.2) is 14.8 Å². The molecule has 2 aromatic heterocycles. The molecule has 37 heavy (non-hydrogen) atoms. The van der Waals surface area contributed by atoms with E-state index in [0.29, 0.717) is 49.7 Å². The first-order valence-electron chi connectivity index (χ1n) is 11.8. The fourth-order valence-electron chi connectivity index (χ4n) is 4.11. The molecule has 3 heterocycles. The zero-order valence-electron chi connectivity index (χ0n) is 20.2. The Morgan fingerprint density at radius 3 is 2.35 bits per heavy atom. The number of carbonyl (C=O) groups excluding carboxylic acids is 2. The molecule has 0 spiro atoms. The van der Waals surface area contributed by atoms with Crippen molar-refractivity contribution in [3.63, 3.8) is 0 Å². The average Bonchev–Trinajstić information content (AvgIpc) is 3.31. The summed E-state index contributed by atoms with van der Waals surface area (Å²) >= 11 is 0. The molecule has 2 aromatic carbocycles. The van der Waals surface area contributed by atoms with Crippen LogP contribution in [0.2, 0.25) is 0 Å². The van der Waals surface area contributed by atoms with Gasteiger partial charge in [0.15, 0.2) is 11.5 Å². The number of carbonyl (C=O) groups is 2. The maximum absolute atomic E-state index is 13.1. The van der Waals surface area contributed by atoms with Gasteiger partial charge in [-0.1, -0.05) is 30.3 Å². The van der Waals surface area contributed by atoms with E-state index >= 15 is 0 Å². The summed E-state index contributed by atoms with van der Waals surface area (Å²) in [5.74, 6) is 0.593. The summed E-state index contributed by atoms with van der Waals surface area (Å²) in [4.78, 5) is 37.1. The molecule has 1 aliphatic rings. The quantitative estimate of drug-likeness (QED) is 0.447. The molecule has 0 aliphatic carbocycles. The third-order valence-electron chi connectivity index (χ3n) is 6.09. The zero-order chi connectivity index (χ0) is 25.8. The molecule has 11 heteroatoms. The number of hydrogen-bond donors (Lipinski definition) is 1. The summed E-state index contributed by atoms with van der Waals surface area (Å²) < 4.78 is 10.6. The Morgan fingerprint density at radius 2 is 1.59 bits per heavy atom. The SMILES string of the molecule is COC(=O)N1CCCN(C(=O)c2ccc(-c3cnc(N)c(-c4nnc(-c5ccccc5)o4)n3)cc2)CC1. The van der Waals surface area contributed by atoms with Gasteiger partial charge >= 0.3 is 6.09 Å². The predicted octanol–water partition coefficient (Wildman–Crippen LogP) is 3.36. The van der Waals surface area contributed by atoms with Crippen molar-refractivity contribution in [2.24, 2.45) is 0 Å². The van der Waals surface area contributed by atoms with Crippen LogP contribution in [0.15, 0.2) is 65.2 Å². The Labute approximate surface area is 212 Å². The van der Waals surface area contributed by atoms with E-state index < -0.39 is 0 Å². The Morgan fingerprint density at radius 1 is 0.892 bits per heavy atom. The summed E-state index contributed by atoms with van der Waals surface area (Å²) in [5.41, 5.74) is 8.97. The Kier molecular flexibility index (Phi) is 6.75. The fourth-order valence-corrected chi connectivity index (χ4v) is 4.11. The number of rotatable bonds is 4. The number of anilines is 1. The molecule has 1 fully saturated rings. The molecular formula is C26H25N7O4. The van der Waals surface area contributed by atoms with Crippen LogP contribution in [0.25, 0.3) is 34.3 Å². The highest BCUT2D eigenvalue weighted by molar-refractivity contribution is 5.94. The van der Waals surface area contributed by atoms with Gasteiger partial charge in [0.2, 0.25) is 5.89 Å². The van der Waals surface area contributed by atoms with E-state index in [4.69, 9.17) is 14.9 Å². The van der Waals surface area contributed by atoms with Crippen LogP contribution in [-0.4, -0.2) is 75.3 Å². The molecule has 1 aliphatic heterocycles. The van der Waals surface area contributed by atoms with Crippen molar-refractivity contribution < 1.29 is 18.7 Å². The molecule has 0 radical (unpaired) electrons. The first-order chi connectivity index (χ1) is 18.0. The van der Waals surface area contributed by atoms with Crippen LogP contribution in [0.1, 0.15) is 16.8 Å². The first-order valence-corrected chi connectivity index (χ1v) is 11.8. The molecular weight excluding hydrogens is 474 g/mol. The number of methoxy groups -OCH3 is 1. The summed E-state index contributed by atoms with van der Waals surface area (Å²) in [6, 6.07) is 16.5. The van der Waals surface area contributed by atoms with Gasteiger partial charge in [0.05, 0.1) is 19.0 Å². The molecule has 0 unspecified atom stereocenters. The van der Waals surface area contributed by atoms with Gasteiger partial charge in [0, 0.05) is 42.9 Å². The topological polar surface area (TPSA) is 141 Å². The van der Waals surface area contributed by atoms with Crippen LogP contribution >= 0.6 is 0 Å². The first kappa shape index (κ1) is 23.9. The predicted molar refractivity (Wildman–Crippen MR) is 135 cm³/mol. The fraction of sp³-hybridized carbons (Fsp3) is 0.231. The highest BCUT2D eigenvalue weighted by Gasteiger charge is 2.23. The van der Waals surface area contributed by atoms with Crippen molar-refractivity contribution in [3.05, 3.63) is 66.4 Å². The van der Waals surface area contributed by atoms with Crippen molar-refractivity contribution in [1.29, 1.82) is 0 Å². The minimum Gasteiger partial charge on any atom is -0.453 e. The number of ether oxygens (including phenoxy) is 1. The van der Waals surface area contributed by atoms with E-state index in [2.05, 4.69) is 20.2 Å². The standard InChI is InChI=1S/C26H25N7O4/c1-36-26(35)33-13-5-12-32(14-15-33)25(34)19-10-8-17(9-11-19)20-16-28-22(27)21(29-20)24-31-30-23(37-24)18-6-3-2-4-7-18/h2-4,6-11,16H,5,12-15H2,1H3,(H2,27,28). The van der Waals surface area contributed by atoms with Gasteiger partial charge in [-0.05, 0) is 30.7 Å². The molecule has 188 valence electrons. The van der Waals surface area contributed by atoms with Crippen molar-refractivity contribution in [1.82, 2.24) is 30.0 Å². The lowest BCUT2D eigenvalue weighted by molar-refractivity contribution is 0.0757. The Bertz CT molecular complexity index is 1410. The van der Waals surface area contributed by atoms with E-state index in [1.54, 1.807) is 40.3 Å². The number of nitrogens with two attached hydrogens (primary N) is 1. The second kappa shape index (κ2) is 10.4. The maximum Gasteiger partial charge on any atom is 0.409 e. The van der Waals surface area contributed by atoms with E-state index in [0.717, 1.165) is 11.1 Å². The monoisotopic (exact) mass is 499 g/mol. The summed E-state index contributed by atoms with van der Waals surface area (Å²) in [7, 11) is 1.36. The minimum absolute atomic E-state index is 0.0957. The lowest BCUT2D eigenvalue weighted by atomic mass is 10.1. The van der Waals surface area contributed by atoms with Crippen molar-refractivity contribution in [3.8, 4) is 34.3 Å². The van der Waals surface area contributed by atoms with Crippen LogP contribution in [0, 0.1) is 0 Å². The molecule has 2 N–H and O–H groups in total. The second-order valence-electron chi connectivity index (χ2n) is 8.45. The number of aromatic nitrogens is 4. The van der Waals surface area contributed by atoms with Gasteiger partial charge in [0.1, 0.15) is 0 Å². The third-order valence-corrected chi connectivity index (χ3v) is 6.09. The molecule has 5 rings (SSSR count). The van der Waals surface area contributed by atoms with Crippen LogP contribution < -0.4 is 5.73 Å². The summed E-state index contributed by atoms with van der Waals surface area (Å²) in [6.07, 6.45) is 1.87. The van der Waals surface area contributed by atoms with Crippen molar-refractivity contribution in [2.45, 2.75) is 6.42 Å². The molecule has 2 amide bonds. The van der Waals surface area contributed by atoms with Crippen LogP contribution in [0.5, 0.6) is 0 Å². The number of benzene rings is 2. The highest BCUT2D eigenvalue weighted by Crippen LogP contribution is 2.28. The molecule has 4 aromatic rings. The minimum atomic E-state index is -0.376. The van der Waals surface area contributed by atoms with E-state index in [9.17, 15) is 9.59 Å². The molecule has 11 nitrogen and oxygen atoms in total. The van der Waals surface area contributed by atoms with Gasteiger partial charge in [-0.3, -0.25) is 4.79 Å². The van der Waals surface area contributed by atoms with Gasteiger partial charge in [-0.15, -0.1) is 10.2 Å². The van der Waals surface area contributed by atoms with Crippen LogP contribution in [0.3, 0.4) is 0 Å². The van der Waals surface area contributed by atoms with E-state index in [1.807, 2.05) is 30.3 Å². The third kappa shape index (κ3) is 5.10. The molecule has 0 saturated carbocycles. The van der Waals surface area contributed by atoms with E-state index in [-0.39, 0.29) is 29.4 Å². The van der Waals surface area contributed by atoms with Crippen LogP contribution in [-0.2, 0) is 4.74 Å². The molecule has 1 saturated heterocycles. The van der Waals surface area contributed by atoms with Crippen molar-refractivity contribution in [2.75, 3.05) is 39.0 Å². The number of amides is 2. The highest BCUT2D eigenvalue weighted by atomic mass is 16.5. The Balaban J connectivity index is 1.33. The normalized spacial score (nSPS) is 13.8. The Hall–Kier alpha value is -4.80. The number of hydrogen-bond acceptors (Lipinski definition) is 9. The number of nitrogens with zero attached hydrogens (tertiary/aromatic N) is 6. The second-order valence-corrected chi connectivity index (χ2v) is 8.45. The molecule has 0 atom stereocenters. The lowest BCUT2D eigenvalue weighted by Gasteiger charge is -2.21. The van der Waals surface area contributed by atoms with Gasteiger partial charge in [-0.2, -0.15) is 0 Å². The lowest BCUT2D eigenvalue weighted by Crippen LogP contribution is -2.37.